The van der Waals surface area contributed by atoms with Gasteiger partial charge in [0.25, 0.3) is 0 Å². The van der Waals surface area contributed by atoms with Crippen molar-refractivity contribution in [2.75, 3.05) is 0 Å². The largest absolute Gasteiger partial charge is 0.228 e. The summed E-state index contributed by atoms with van der Waals surface area (Å²) in [5.74, 6) is 0.687. The van der Waals surface area contributed by atoms with E-state index in [1.165, 1.54) is 49.9 Å². The van der Waals surface area contributed by atoms with Gasteiger partial charge in [-0.2, -0.15) is 0 Å². The predicted molar refractivity (Wildman–Crippen MR) is 269 cm³/mol. The number of fused-ring (bicyclic) bond motifs is 4. The zero-order valence-electron chi connectivity index (χ0n) is 35.6. The van der Waals surface area contributed by atoms with Crippen LogP contribution in [0.5, 0.6) is 0 Å². The molecule has 0 saturated carbocycles. The molecule has 0 saturated heterocycles. The first kappa shape index (κ1) is 38.2. The zero-order valence-corrected chi connectivity index (χ0v) is 35.6. The summed E-state index contributed by atoms with van der Waals surface area (Å²) in [6.45, 7) is 0. The maximum Gasteiger partial charge on any atom is 0.160 e. The van der Waals surface area contributed by atoms with E-state index in [9.17, 15) is 0 Å². The van der Waals surface area contributed by atoms with E-state index in [0.717, 1.165) is 55.7 Å². The van der Waals surface area contributed by atoms with E-state index >= 15 is 0 Å². The standard InChI is InChI=1S/C63H42N2/c1-6-21-43(22-7-1)46-39-47(44-23-8-2-9-24-44)41-48(40-46)59-42-60(65-62(64-59)45-25-10-3-11-26-45)55-38-37-53(51-31-16-17-32-52(51)55)56-34-20-35-57-54-33-18-19-36-58(54)63(61(56)57,49-27-12-4-13-28-49)50-29-14-5-15-30-50/h1-42H. The van der Waals surface area contributed by atoms with Crippen molar-refractivity contribution in [1.82, 2.24) is 9.97 Å². The second kappa shape index (κ2) is 16.0. The molecule has 304 valence electrons. The summed E-state index contributed by atoms with van der Waals surface area (Å²) in [7, 11) is 0. The highest BCUT2D eigenvalue weighted by atomic mass is 14.9. The summed E-state index contributed by atoms with van der Waals surface area (Å²) in [6, 6.07) is 92.0. The Hall–Kier alpha value is -8.46. The van der Waals surface area contributed by atoms with Gasteiger partial charge in [-0.1, -0.05) is 231 Å². The minimum absolute atomic E-state index is 0.538. The number of benzene rings is 10. The lowest BCUT2D eigenvalue weighted by Gasteiger charge is -2.35. The van der Waals surface area contributed by atoms with Gasteiger partial charge in [-0.25, -0.2) is 9.97 Å². The van der Waals surface area contributed by atoms with E-state index in [2.05, 4.69) is 249 Å². The molecule has 2 heteroatoms. The van der Waals surface area contributed by atoms with Crippen LogP contribution in [0, 0.1) is 0 Å². The number of hydrogen-bond donors (Lipinski definition) is 0. The zero-order chi connectivity index (χ0) is 43.2. The van der Waals surface area contributed by atoms with Crippen molar-refractivity contribution in [2.24, 2.45) is 0 Å². The average molecular weight is 827 g/mol. The molecule has 0 N–H and O–H groups in total. The van der Waals surface area contributed by atoms with Gasteiger partial charge < -0.3 is 0 Å². The Morgan fingerprint density at radius 3 is 1.29 bits per heavy atom. The fourth-order valence-electron chi connectivity index (χ4n) is 10.3. The topological polar surface area (TPSA) is 25.8 Å². The minimum atomic E-state index is -0.538. The molecule has 1 heterocycles. The van der Waals surface area contributed by atoms with Crippen molar-refractivity contribution in [3.05, 3.63) is 277 Å². The van der Waals surface area contributed by atoms with Gasteiger partial charge in [0.1, 0.15) is 0 Å². The van der Waals surface area contributed by atoms with Crippen LogP contribution in [0.2, 0.25) is 0 Å². The van der Waals surface area contributed by atoms with Crippen molar-refractivity contribution in [3.8, 4) is 78.4 Å². The van der Waals surface area contributed by atoms with Crippen molar-refractivity contribution < 1.29 is 0 Å². The number of rotatable bonds is 8. The first-order valence-electron chi connectivity index (χ1n) is 22.3. The van der Waals surface area contributed by atoms with Crippen molar-refractivity contribution in [2.45, 2.75) is 5.41 Å². The molecule has 65 heavy (non-hydrogen) atoms. The first-order chi connectivity index (χ1) is 32.2. The fourth-order valence-corrected chi connectivity index (χ4v) is 10.3. The Morgan fingerprint density at radius 2 is 0.692 bits per heavy atom. The number of nitrogens with zero attached hydrogens (tertiary/aromatic N) is 2. The monoisotopic (exact) mass is 826 g/mol. The molecule has 0 fully saturated rings. The van der Waals surface area contributed by atoms with E-state index in [-0.39, 0.29) is 0 Å². The lowest BCUT2D eigenvalue weighted by Crippen LogP contribution is -2.29. The summed E-state index contributed by atoms with van der Waals surface area (Å²) in [4.78, 5) is 10.7. The van der Waals surface area contributed by atoms with E-state index in [1.54, 1.807) is 0 Å². The van der Waals surface area contributed by atoms with Crippen LogP contribution in [0.15, 0.2) is 255 Å². The Bertz CT molecular complexity index is 3410. The third-order valence-corrected chi connectivity index (χ3v) is 13.2. The summed E-state index contributed by atoms with van der Waals surface area (Å²) < 4.78 is 0. The molecule has 0 amide bonds. The Morgan fingerprint density at radius 1 is 0.262 bits per heavy atom. The molecular formula is C63H42N2. The SMILES string of the molecule is c1ccc(-c2cc(-c3ccccc3)cc(-c3cc(-c4ccc(-c5cccc6c5C(c5ccccc5)(c5ccccc5)c5ccccc5-6)c5ccccc45)nc(-c4ccccc4)n3)c2)cc1. The van der Waals surface area contributed by atoms with Crippen LogP contribution in [0.25, 0.3) is 89.2 Å². The van der Waals surface area contributed by atoms with Crippen molar-refractivity contribution in [1.29, 1.82) is 0 Å². The summed E-state index contributed by atoms with van der Waals surface area (Å²) >= 11 is 0. The van der Waals surface area contributed by atoms with Crippen molar-refractivity contribution >= 4 is 10.8 Å². The third kappa shape index (κ3) is 6.50. The number of hydrogen-bond acceptors (Lipinski definition) is 2. The van der Waals surface area contributed by atoms with E-state index in [0.29, 0.717) is 5.82 Å². The lowest BCUT2D eigenvalue weighted by atomic mass is 9.66. The summed E-state index contributed by atoms with van der Waals surface area (Å²) in [5, 5.41) is 2.30. The van der Waals surface area contributed by atoms with Gasteiger partial charge in [0.15, 0.2) is 5.82 Å². The average Bonchev–Trinajstić information content (AvgIpc) is 3.71. The summed E-state index contributed by atoms with van der Waals surface area (Å²) in [5.41, 5.74) is 18.9. The highest BCUT2D eigenvalue weighted by molar-refractivity contribution is 6.07. The second-order valence-electron chi connectivity index (χ2n) is 16.8. The molecule has 0 bridgehead atoms. The predicted octanol–water partition coefficient (Wildman–Crippen LogP) is 16.0. The lowest BCUT2D eigenvalue weighted by molar-refractivity contribution is 0.770. The van der Waals surface area contributed by atoms with E-state index in [1.807, 2.05) is 6.07 Å². The van der Waals surface area contributed by atoms with Gasteiger partial charge in [-0.3, -0.25) is 0 Å². The third-order valence-electron chi connectivity index (χ3n) is 13.2. The smallest absolute Gasteiger partial charge is 0.160 e. The van der Waals surface area contributed by atoms with Gasteiger partial charge in [0, 0.05) is 16.7 Å². The molecule has 0 spiro atoms. The van der Waals surface area contributed by atoms with Gasteiger partial charge in [0.2, 0.25) is 0 Å². The molecule has 1 aliphatic rings. The first-order valence-corrected chi connectivity index (χ1v) is 22.3. The molecule has 0 radical (unpaired) electrons. The Kier molecular flexibility index (Phi) is 9.43. The van der Waals surface area contributed by atoms with Crippen LogP contribution < -0.4 is 0 Å². The normalized spacial score (nSPS) is 12.4. The maximum atomic E-state index is 5.39. The Balaban J connectivity index is 1.09. The molecule has 2 nitrogen and oxygen atoms in total. The van der Waals surface area contributed by atoms with Gasteiger partial charge in [-0.05, 0) is 102 Å². The quantitative estimate of drug-likeness (QED) is 0.152. The second-order valence-corrected chi connectivity index (χ2v) is 16.8. The highest BCUT2D eigenvalue weighted by Gasteiger charge is 2.47. The fraction of sp³-hybridized carbons (Fsp3) is 0.0159. The minimum Gasteiger partial charge on any atom is -0.228 e. The van der Waals surface area contributed by atoms with Crippen LogP contribution in [0.1, 0.15) is 22.3 Å². The molecule has 0 aliphatic heterocycles. The highest BCUT2D eigenvalue weighted by Crippen LogP contribution is 2.59. The van der Waals surface area contributed by atoms with Crippen LogP contribution >= 0.6 is 0 Å². The van der Waals surface area contributed by atoms with Gasteiger partial charge in [0.05, 0.1) is 16.8 Å². The summed E-state index contributed by atoms with van der Waals surface area (Å²) in [6.07, 6.45) is 0. The van der Waals surface area contributed by atoms with E-state index < -0.39 is 5.41 Å². The molecule has 0 unspecified atom stereocenters. The molecular weight excluding hydrogens is 785 g/mol. The van der Waals surface area contributed by atoms with Gasteiger partial charge >= 0.3 is 0 Å². The van der Waals surface area contributed by atoms with Crippen LogP contribution in [0.3, 0.4) is 0 Å². The molecule has 1 aromatic heterocycles. The van der Waals surface area contributed by atoms with Crippen LogP contribution in [-0.2, 0) is 5.41 Å². The molecule has 10 aromatic carbocycles. The van der Waals surface area contributed by atoms with Crippen LogP contribution in [-0.4, -0.2) is 9.97 Å². The molecule has 11 aromatic rings. The molecule has 0 atom stereocenters. The van der Waals surface area contributed by atoms with E-state index in [4.69, 9.17) is 9.97 Å². The van der Waals surface area contributed by atoms with Crippen molar-refractivity contribution in [3.63, 3.8) is 0 Å². The van der Waals surface area contributed by atoms with Gasteiger partial charge in [-0.15, -0.1) is 0 Å². The molecule has 12 rings (SSSR count). The molecule has 1 aliphatic carbocycles. The Labute approximate surface area is 379 Å². The van der Waals surface area contributed by atoms with Crippen LogP contribution in [0.4, 0.5) is 0 Å². The number of aromatic nitrogens is 2. The maximum absolute atomic E-state index is 5.39.